The minimum absolute atomic E-state index is 0.171. The van der Waals surface area contributed by atoms with Gasteiger partial charge in [-0.25, -0.2) is 0 Å². The molecule has 0 atom stereocenters. The fourth-order valence-electron chi connectivity index (χ4n) is 3.21. The normalized spacial score (nSPS) is 10.5. The summed E-state index contributed by atoms with van der Waals surface area (Å²) in [5.74, 6) is -0.267. The van der Waals surface area contributed by atoms with Gasteiger partial charge < -0.3 is 14.0 Å². The van der Waals surface area contributed by atoms with E-state index in [4.69, 9.17) is 32.7 Å². The summed E-state index contributed by atoms with van der Waals surface area (Å²) < 4.78 is 12.7. The van der Waals surface area contributed by atoms with Gasteiger partial charge in [-0.15, -0.1) is 0 Å². The van der Waals surface area contributed by atoms with Gasteiger partial charge in [-0.2, -0.15) is 0 Å². The maximum absolute atomic E-state index is 13.0. The smallest absolute Gasteiger partial charge is 0.271 e. The van der Waals surface area contributed by atoms with Gasteiger partial charge in [-0.3, -0.25) is 20.4 Å². The Bertz CT molecular complexity index is 1140. The number of halogens is 2. The zero-order chi connectivity index (χ0) is 22.7. The van der Waals surface area contributed by atoms with Gasteiger partial charge >= 0.3 is 0 Å². The Hall–Kier alpha value is -3.16. The Morgan fingerprint density at radius 1 is 0.806 bits per heavy atom. The van der Waals surface area contributed by atoms with Gasteiger partial charge in [-0.1, -0.05) is 23.2 Å². The second kappa shape index (κ2) is 9.32. The summed E-state index contributed by atoms with van der Waals surface area (Å²) in [6, 6.07) is 11.6. The van der Waals surface area contributed by atoms with Crippen LogP contribution in [0.3, 0.4) is 0 Å². The first kappa shape index (κ1) is 22.5. The quantitative estimate of drug-likeness (QED) is 0.548. The van der Waals surface area contributed by atoms with E-state index in [9.17, 15) is 9.59 Å². The number of hydrazine groups is 1. The van der Waals surface area contributed by atoms with Crippen LogP contribution in [0, 0.1) is 13.8 Å². The van der Waals surface area contributed by atoms with Crippen LogP contribution in [0.2, 0.25) is 10.0 Å². The van der Waals surface area contributed by atoms with Gasteiger partial charge in [0.1, 0.15) is 0 Å². The summed E-state index contributed by atoms with van der Waals surface area (Å²) in [5.41, 5.74) is 7.70. The molecule has 1 aromatic heterocycles. The number of hydrogen-bond donors (Lipinski definition) is 2. The SMILES string of the molecule is COc1cc(C(=O)NNC(=O)c2ccc(Cl)cc2Cl)c(-n2c(C)ccc2C)cc1OC. The average molecular weight is 462 g/mol. The number of nitrogens with one attached hydrogen (secondary N) is 2. The van der Waals surface area contributed by atoms with Crippen molar-refractivity contribution in [2.24, 2.45) is 0 Å². The number of rotatable bonds is 5. The number of amides is 2. The molecule has 0 spiro atoms. The Morgan fingerprint density at radius 2 is 1.35 bits per heavy atom. The summed E-state index contributed by atoms with van der Waals surface area (Å²) in [5, 5.41) is 0.572. The van der Waals surface area contributed by atoms with Crippen LogP contribution < -0.4 is 20.3 Å². The van der Waals surface area contributed by atoms with Crippen molar-refractivity contribution in [3.8, 4) is 17.2 Å². The van der Waals surface area contributed by atoms with Crippen LogP contribution in [0.1, 0.15) is 32.1 Å². The number of carbonyl (C=O) groups is 2. The molecule has 0 radical (unpaired) electrons. The lowest BCUT2D eigenvalue weighted by Crippen LogP contribution is -2.42. The van der Waals surface area contributed by atoms with E-state index in [1.54, 1.807) is 12.1 Å². The first-order chi connectivity index (χ1) is 14.8. The van der Waals surface area contributed by atoms with Crippen molar-refractivity contribution in [2.45, 2.75) is 13.8 Å². The van der Waals surface area contributed by atoms with Crippen molar-refractivity contribution in [2.75, 3.05) is 14.2 Å². The lowest BCUT2D eigenvalue weighted by atomic mass is 10.1. The van der Waals surface area contributed by atoms with Crippen molar-refractivity contribution >= 4 is 35.0 Å². The van der Waals surface area contributed by atoms with Crippen LogP contribution in [-0.4, -0.2) is 30.6 Å². The molecule has 162 valence electrons. The molecule has 2 N–H and O–H groups in total. The van der Waals surface area contributed by atoms with Crippen molar-refractivity contribution in [1.29, 1.82) is 0 Å². The van der Waals surface area contributed by atoms with E-state index in [2.05, 4.69) is 10.9 Å². The summed E-state index contributed by atoms with van der Waals surface area (Å²) in [6.45, 7) is 3.85. The highest BCUT2D eigenvalue weighted by Crippen LogP contribution is 2.33. The summed E-state index contributed by atoms with van der Waals surface area (Å²) in [6.07, 6.45) is 0. The maximum Gasteiger partial charge on any atom is 0.271 e. The molecule has 3 aromatic rings. The predicted octanol–water partition coefficient (Wildman–Crippen LogP) is 4.49. The first-order valence-corrected chi connectivity index (χ1v) is 9.99. The molecule has 0 saturated heterocycles. The number of aryl methyl sites for hydroxylation is 2. The second-order valence-electron chi connectivity index (χ2n) is 6.71. The number of aromatic nitrogens is 1. The largest absolute Gasteiger partial charge is 0.493 e. The van der Waals surface area contributed by atoms with Crippen LogP contribution in [0.25, 0.3) is 5.69 Å². The lowest BCUT2D eigenvalue weighted by Gasteiger charge is -2.18. The predicted molar refractivity (Wildman–Crippen MR) is 120 cm³/mol. The van der Waals surface area contributed by atoms with E-state index < -0.39 is 11.8 Å². The Labute approximate surface area is 189 Å². The fourth-order valence-corrected chi connectivity index (χ4v) is 3.70. The molecular weight excluding hydrogens is 441 g/mol. The number of hydrogen-bond acceptors (Lipinski definition) is 4. The molecule has 0 aliphatic heterocycles. The molecule has 0 aliphatic rings. The highest BCUT2D eigenvalue weighted by molar-refractivity contribution is 6.36. The van der Waals surface area contributed by atoms with Crippen molar-refractivity contribution in [3.63, 3.8) is 0 Å². The highest BCUT2D eigenvalue weighted by Gasteiger charge is 2.21. The number of carbonyl (C=O) groups excluding carboxylic acids is 2. The molecule has 0 bridgehead atoms. The minimum atomic E-state index is -0.578. The minimum Gasteiger partial charge on any atom is -0.493 e. The molecule has 31 heavy (non-hydrogen) atoms. The van der Waals surface area contributed by atoms with E-state index in [1.807, 2.05) is 30.5 Å². The highest BCUT2D eigenvalue weighted by atomic mass is 35.5. The number of nitrogens with zero attached hydrogens (tertiary/aromatic N) is 1. The molecule has 9 heteroatoms. The summed E-state index contributed by atoms with van der Waals surface area (Å²) in [4.78, 5) is 25.5. The zero-order valence-corrected chi connectivity index (χ0v) is 18.9. The molecule has 1 heterocycles. The van der Waals surface area contributed by atoms with Crippen molar-refractivity contribution in [3.05, 3.63) is 75.0 Å². The lowest BCUT2D eigenvalue weighted by molar-refractivity contribution is 0.0846. The molecular formula is C22H21Cl2N3O4. The van der Waals surface area contributed by atoms with E-state index in [0.717, 1.165) is 11.4 Å². The standard InChI is InChI=1S/C22H21Cl2N3O4/c1-12-5-6-13(2)27(12)18-11-20(31-4)19(30-3)10-16(18)22(29)26-25-21(28)15-8-7-14(23)9-17(15)24/h5-11H,1-4H3,(H,25,28)(H,26,29). The summed E-state index contributed by atoms with van der Waals surface area (Å²) in [7, 11) is 3.00. The fraction of sp³-hybridized carbons (Fsp3) is 0.182. The number of methoxy groups -OCH3 is 2. The monoisotopic (exact) mass is 461 g/mol. The third-order valence-electron chi connectivity index (χ3n) is 4.72. The first-order valence-electron chi connectivity index (χ1n) is 9.24. The third-order valence-corrected chi connectivity index (χ3v) is 5.27. The molecule has 0 saturated carbocycles. The van der Waals surface area contributed by atoms with Crippen LogP contribution in [0.5, 0.6) is 11.5 Å². The van der Waals surface area contributed by atoms with E-state index >= 15 is 0 Å². The Balaban J connectivity index is 1.95. The number of ether oxygens (including phenoxy) is 2. The number of benzene rings is 2. The van der Waals surface area contributed by atoms with Crippen LogP contribution in [0.4, 0.5) is 0 Å². The second-order valence-corrected chi connectivity index (χ2v) is 7.55. The zero-order valence-electron chi connectivity index (χ0n) is 17.4. The molecule has 0 aliphatic carbocycles. The van der Waals surface area contributed by atoms with Gasteiger partial charge in [0.2, 0.25) is 0 Å². The maximum atomic E-state index is 13.0. The third kappa shape index (κ3) is 4.62. The topological polar surface area (TPSA) is 81.6 Å². The van der Waals surface area contributed by atoms with Gasteiger partial charge in [0.15, 0.2) is 11.5 Å². The molecule has 0 unspecified atom stereocenters. The van der Waals surface area contributed by atoms with Crippen LogP contribution >= 0.6 is 23.2 Å². The molecule has 2 aromatic carbocycles. The van der Waals surface area contributed by atoms with Gasteiger partial charge in [0, 0.05) is 22.5 Å². The van der Waals surface area contributed by atoms with Gasteiger partial charge in [-0.05, 0) is 50.2 Å². The molecule has 2 amide bonds. The molecule has 0 fully saturated rings. The Morgan fingerprint density at radius 3 is 1.90 bits per heavy atom. The van der Waals surface area contributed by atoms with Crippen molar-refractivity contribution < 1.29 is 19.1 Å². The van der Waals surface area contributed by atoms with Crippen LogP contribution in [0.15, 0.2) is 42.5 Å². The average Bonchev–Trinajstić information content (AvgIpc) is 3.08. The summed E-state index contributed by atoms with van der Waals surface area (Å²) >= 11 is 11.9. The molecule has 3 rings (SSSR count). The van der Waals surface area contributed by atoms with Gasteiger partial charge in [0.25, 0.3) is 11.8 Å². The van der Waals surface area contributed by atoms with Gasteiger partial charge in [0.05, 0.1) is 36.1 Å². The molecule has 7 nitrogen and oxygen atoms in total. The van der Waals surface area contributed by atoms with Crippen molar-refractivity contribution in [1.82, 2.24) is 15.4 Å². The van der Waals surface area contributed by atoms with E-state index in [-0.39, 0.29) is 16.1 Å². The van der Waals surface area contributed by atoms with Crippen LogP contribution in [-0.2, 0) is 0 Å². The van der Waals surface area contributed by atoms with E-state index in [0.29, 0.717) is 22.2 Å². The Kier molecular flexibility index (Phi) is 6.77. The van der Waals surface area contributed by atoms with E-state index in [1.165, 1.54) is 32.4 Å².